The molecular weight excluding hydrogens is 354 g/mol. The quantitative estimate of drug-likeness (QED) is 0.739. The third-order valence-corrected chi connectivity index (χ3v) is 6.02. The zero-order valence-electron chi connectivity index (χ0n) is 15.8. The molecular formula is C23H25NO4. The van der Waals surface area contributed by atoms with E-state index in [1.54, 1.807) is 0 Å². The third kappa shape index (κ3) is 3.75. The van der Waals surface area contributed by atoms with Gasteiger partial charge in [0.2, 0.25) is 0 Å². The Morgan fingerprint density at radius 3 is 2.18 bits per heavy atom. The van der Waals surface area contributed by atoms with E-state index in [1.165, 1.54) is 6.42 Å². The minimum atomic E-state index is -1.01. The van der Waals surface area contributed by atoms with Gasteiger partial charge in [-0.3, -0.25) is 0 Å². The van der Waals surface area contributed by atoms with E-state index < -0.39 is 18.1 Å². The van der Waals surface area contributed by atoms with Gasteiger partial charge in [0, 0.05) is 5.92 Å². The van der Waals surface area contributed by atoms with Crippen LogP contribution in [0.4, 0.5) is 4.79 Å². The molecule has 0 heterocycles. The maximum absolute atomic E-state index is 12.3. The van der Waals surface area contributed by atoms with Gasteiger partial charge in [0.15, 0.2) is 0 Å². The molecule has 1 unspecified atom stereocenters. The summed E-state index contributed by atoms with van der Waals surface area (Å²) in [6.07, 6.45) is 4.17. The molecule has 5 heteroatoms. The van der Waals surface area contributed by atoms with E-state index >= 15 is 0 Å². The van der Waals surface area contributed by atoms with Crippen molar-refractivity contribution in [1.82, 2.24) is 5.32 Å². The monoisotopic (exact) mass is 379 g/mol. The number of alkyl carbamates (subject to hydrolysis) is 1. The maximum Gasteiger partial charge on any atom is 0.407 e. The average Bonchev–Trinajstić information content (AvgIpc) is 2.98. The Kier molecular flexibility index (Phi) is 5.33. The van der Waals surface area contributed by atoms with Crippen LogP contribution in [0.15, 0.2) is 48.5 Å². The van der Waals surface area contributed by atoms with Crippen molar-refractivity contribution in [2.45, 2.75) is 44.1 Å². The highest BCUT2D eigenvalue weighted by Gasteiger charge is 2.30. The second kappa shape index (κ2) is 8.05. The van der Waals surface area contributed by atoms with Crippen LogP contribution in [-0.2, 0) is 9.53 Å². The van der Waals surface area contributed by atoms with Crippen molar-refractivity contribution in [2.75, 3.05) is 6.61 Å². The third-order valence-electron chi connectivity index (χ3n) is 6.02. The minimum Gasteiger partial charge on any atom is -0.480 e. The summed E-state index contributed by atoms with van der Waals surface area (Å²) in [5, 5.41) is 11.9. The highest BCUT2D eigenvalue weighted by Crippen LogP contribution is 2.44. The Balaban J connectivity index is 1.38. The number of hydrogen-bond donors (Lipinski definition) is 2. The van der Waals surface area contributed by atoms with E-state index in [0.717, 1.165) is 41.5 Å². The van der Waals surface area contributed by atoms with Crippen LogP contribution >= 0.6 is 0 Å². The number of rotatable bonds is 7. The smallest absolute Gasteiger partial charge is 0.407 e. The first-order valence-corrected chi connectivity index (χ1v) is 9.98. The van der Waals surface area contributed by atoms with Crippen molar-refractivity contribution in [3.8, 4) is 11.1 Å². The fraction of sp³-hybridized carbons (Fsp3) is 0.391. The lowest BCUT2D eigenvalue weighted by atomic mass is 9.81. The average molecular weight is 379 g/mol. The summed E-state index contributed by atoms with van der Waals surface area (Å²) in [6.45, 7) is 0.189. The van der Waals surface area contributed by atoms with Gasteiger partial charge >= 0.3 is 12.1 Å². The van der Waals surface area contributed by atoms with Crippen molar-refractivity contribution >= 4 is 12.1 Å². The molecule has 2 aliphatic carbocycles. The largest absolute Gasteiger partial charge is 0.480 e. The van der Waals surface area contributed by atoms with Gasteiger partial charge in [-0.25, -0.2) is 9.59 Å². The van der Waals surface area contributed by atoms with Gasteiger partial charge in [-0.1, -0.05) is 67.8 Å². The van der Waals surface area contributed by atoms with E-state index in [0.29, 0.717) is 12.3 Å². The van der Waals surface area contributed by atoms with Crippen LogP contribution in [0.1, 0.15) is 49.1 Å². The van der Waals surface area contributed by atoms with E-state index in [1.807, 2.05) is 24.3 Å². The lowest BCUT2D eigenvalue weighted by Gasteiger charge is -2.26. The molecule has 2 aromatic rings. The van der Waals surface area contributed by atoms with Gasteiger partial charge in [0.05, 0.1) is 0 Å². The molecule has 0 spiro atoms. The van der Waals surface area contributed by atoms with Crippen molar-refractivity contribution in [3.05, 3.63) is 59.7 Å². The molecule has 2 aromatic carbocycles. The zero-order valence-corrected chi connectivity index (χ0v) is 15.8. The van der Waals surface area contributed by atoms with Crippen LogP contribution in [0.5, 0.6) is 0 Å². The number of carbonyl (C=O) groups excluding carboxylic acids is 1. The van der Waals surface area contributed by atoms with Crippen LogP contribution in [0.3, 0.4) is 0 Å². The molecule has 1 amide bonds. The Labute approximate surface area is 164 Å². The Morgan fingerprint density at radius 1 is 1.04 bits per heavy atom. The van der Waals surface area contributed by atoms with E-state index in [9.17, 15) is 14.7 Å². The Morgan fingerprint density at radius 2 is 1.64 bits per heavy atom. The van der Waals surface area contributed by atoms with Gasteiger partial charge in [-0.15, -0.1) is 0 Å². The SMILES string of the molecule is O=C(NC(CCC1CCC1)C(=O)O)OCC1c2ccccc2-c2ccccc21. The standard InChI is InChI=1S/C23H25NO4/c25-22(26)21(13-12-15-6-5-7-15)24-23(27)28-14-20-18-10-3-1-8-16(18)17-9-2-4-11-19(17)20/h1-4,8-11,15,20-21H,5-7,12-14H2,(H,24,27)(H,25,26). The predicted octanol–water partition coefficient (Wildman–Crippen LogP) is 4.56. The summed E-state index contributed by atoms with van der Waals surface area (Å²) >= 11 is 0. The number of hydrogen-bond acceptors (Lipinski definition) is 3. The van der Waals surface area contributed by atoms with Crippen molar-refractivity contribution in [2.24, 2.45) is 5.92 Å². The summed E-state index contributed by atoms with van der Waals surface area (Å²) < 4.78 is 5.45. The molecule has 0 saturated heterocycles. The summed E-state index contributed by atoms with van der Waals surface area (Å²) in [6, 6.07) is 15.4. The number of carboxylic acid groups (broad SMARTS) is 1. The second-order valence-electron chi connectivity index (χ2n) is 7.73. The van der Waals surface area contributed by atoms with Crippen molar-refractivity contribution in [1.29, 1.82) is 0 Å². The highest BCUT2D eigenvalue weighted by atomic mass is 16.5. The number of nitrogens with one attached hydrogen (secondary N) is 1. The van der Waals surface area contributed by atoms with Crippen LogP contribution in [0, 0.1) is 5.92 Å². The molecule has 1 atom stereocenters. The van der Waals surface area contributed by atoms with Crippen LogP contribution in [-0.4, -0.2) is 29.8 Å². The summed E-state index contributed by atoms with van der Waals surface area (Å²) in [5.41, 5.74) is 4.60. The van der Waals surface area contributed by atoms with E-state index in [2.05, 4.69) is 29.6 Å². The van der Waals surface area contributed by atoms with Gasteiger partial charge in [-0.05, 0) is 41.0 Å². The molecule has 1 saturated carbocycles. The Bertz CT molecular complexity index is 829. The number of carboxylic acids is 1. The van der Waals surface area contributed by atoms with Crippen LogP contribution < -0.4 is 5.32 Å². The number of fused-ring (bicyclic) bond motifs is 3. The number of benzene rings is 2. The van der Waals surface area contributed by atoms with Crippen LogP contribution in [0.25, 0.3) is 11.1 Å². The topological polar surface area (TPSA) is 75.6 Å². The highest BCUT2D eigenvalue weighted by molar-refractivity contribution is 5.81. The lowest BCUT2D eigenvalue weighted by molar-refractivity contribution is -0.139. The summed E-state index contributed by atoms with van der Waals surface area (Å²) in [4.78, 5) is 23.7. The molecule has 5 nitrogen and oxygen atoms in total. The number of aliphatic carboxylic acids is 1. The van der Waals surface area contributed by atoms with Gasteiger partial charge in [0.25, 0.3) is 0 Å². The van der Waals surface area contributed by atoms with Crippen LogP contribution in [0.2, 0.25) is 0 Å². The molecule has 28 heavy (non-hydrogen) atoms. The normalized spacial score (nSPS) is 16.6. The maximum atomic E-state index is 12.3. The van der Waals surface area contributed by atoms with Gasteiger partial charge in [0.1, 0.15) is 12.6 Å². The first-order valence-electron chi connectivity index (χ1n) is 9.98. The number of ether oxygens (including phenoxy) is 1. The van der Waals surface area contributed by atoms with E-state index in [-0.39, 0.29) is 12.5 Å². The van der Waals surface area contributed by atoms with Gasteiger partial charge < -0.3 is 15.2 Å². The molecule has 4 rings (SSSR count). The fourth-order valence-electron chi connectivity index (χ4n) is 4.22. The second-order valence-corrected chi connectivity index (χ2v) is 7.73. The fourth-order valence-corrected chi connectivity index (χ4v) is 4.22. The molecule has 0 aromatic heterocycles. The van der Waals surface area contributed by atoms with E-state index in [4.69, 9.17) is 4.74 Å². The van der Waals surface area contributed by atoms with Crippen molar-refractivity contribution < 1.29 is 19.4 Å². The number of amides is 1. The molecule has 0 aliphatic heterocycles. The number of carbonyl (C=O) groups is 2. The lowest BCUT2D eigenvalue weighted by Crippen LogP contribution is -2.41. The first-order chi connectivity index (χ1) is 13.6. The minimum absolute atomic E-state index is 0.0311. The molecule has 1 fully saturated rings. The summed E-state index contributed by atoms with van der Waals surface area (Å²) in [5.74, 6) is -0.435. The predicted molar refractivity (Wildman–Crippen MR) is 106 cm³/mol. The molecule has 2 aliphatic rings. The molecule has 0 radical (unpaired) electrons. The Hall–Kier alpha value is -2.82. The van der Waals surface area contributed by atoms with Crippen molar-refractivity contribution in [3.63, 3.8) is 0 Å². The molecule has 2 N–H and O–H groups in total. The zero-order chi connectivity index (χ0) is 19.5. The summed E-state index contributed by atoms with van der Waals surface area (Å²) in [7, 11) is 0. The molecule has 146 valence electrons. The molecule has 0 bridgehead atoms. The first kappa shape index (κ1) is 18.5. The van der Waals surface area contributed by atoms with Gasteiger partial charge in [-0.2, -0.15) is 0 Å².